The zero-order valence-corrected chi connectivity index (χ0v) is 18.6. The summed E-state index contributed by atoms with van der Waals surface area (Å²) in [6, 6.07) is 16.1. The number of amides is 1. The van der Waals surface area contributed by atoms with Gasteiger partial charge in [0.25, 0.3) is 11.7 Å². The van der Waals surface area contributed by atoms with Gasteiger partial charge < -0.3 is 9.67 Å². The molecule has 1 aliphatic heterocycles. The molecule has 3 heterocycles. The Bertz CT molecular complexity index is 1430. The van der Waals surface area contributed by atoms with Crippen molar-refractivity contribution in [3.63, 3.8) is 0 Å². The molecule has 1 unspecified atom stereocenters. The highest BCUT2D eigenvalue weighted by atomic mass is 16.3. The van der Waals surface area contributed by atoms with E-state index in [1.54, 1.807) is 24.5 Å². The smallest absolute Gasteiger partial charge is 0.300 e. The predicted molar refractivity (Wildman–Crippen MR) is 128 cm³/mol. The van der Waals surface area contributed by atoms with Crippen molar-refractivity contribution in [1.82, 2.24) is 9.55 Å². The molecule has 0 saturated carbocycles. The van der Waals surface area contributed by atoms with Gasteiger partial charge in [0, 0.05) is 53.4 Å². The minimum absolute atomic E-state index is 0.0710. The molecule has 2 aromatic heterocycles. The Labute approximate surface area is 191 Å². The second kappa shape index (κ2) is 7.74. The number of Topliss-reactive ketones (excluding diaryl/α,β-unsaturated/α-hetero) is 1. The molecule has 1 fully saturated rings. The van der Waals surface area contributed by atoms with Crippen molar-refractivity contribution in [2.45, 2.75) is 19.9 Å². The van der Waals surface area contributed by atoms with E-state index in [4.69, 9.17) is 0 Å². The van der Waals surface area contributed by atoms with Gasteiger partial charge in [0.05, 0.1) is 11.6 Å². The SMILES string of the molecule is Cc1cc(C)cc(N2C(=O)C(=O)/C(=C(/O)c3ccncc3)C2c2cn(C)c3ccccc23)c1. The maximum Gasteiger partial charge on any atom is 0.300 e. The van der Waals surface area contributed by atoms with Crippen molar-refractivity contribution in [2.24, 2.45) is 7.05 Å². The normalized spacial score (nSPS) is 17.8. The number of carbonyl (C=O) groups is 2. The van der Waals surface area contributed by atoms with E-state index in [-0.39, 0.29) is 11.3 Å². The van der Waals surface area contributed by atoms with E-state index in [0.29, 0.717) is 11.3 Å². The molecule has 2 aromatic carbocycles. The summed E-state index contributed by atoms with van der Waals surface area (Å²) in [6.45, 7) is 3.91. The first-order valence-electron chi connectivity index (χ1n) is 10.7. The number of anilines is 1. The third kappa shape index (κ3) is 3.31. The van der Waals surface area contributed by atoms with Crippen molar-refractivity contribution in [2.75, 3.05) is 4.90 Å². The number of carbonyl (C=O) groups excluding carboxylic acids is 2. The van der Waals surface area contributed by atoms with Crippen LogP contribution in [0.4, 0.5) is 5.69 Å². The molecule has 1 N–H and O–H groups in total. The fourth-order valence-corrected chi connectivity index (χ4v) is 4.74. The summed E-state index contributed by atoms with van der Waals surface area (Å²) >= 11 is 0. The molecule has 0 bridgehead atoms. The highest BCUT2D eigenvalue weighted by Crippen LogP contribution is 2.44. The van der Waals surface area contributed by atoms with Crippen molar-refractivity contribution in [3.8, 4) is 0 Å². The number of hydrogen-bond donors (Lipinski definition) is 1. The molecule has 0 spiro atoms. The van der Waals surface area contributed by atoms with Gasteiger partial charge in [-0.1, -0.05) is 24.3 Å². The van der Waals surface area contributed by atoms with Crippen LogP contribution in [0.5, 0.6) is 0 Å². The first kappa shape index (κ1) is 20.7. The molecule has 6 heteroatoms. The topological polar surface area (TPSA) is 75.4 Å². The number of aryl methyl sites for hydroxylation is 3. The Balaban J connectivity index is 1.83. The van der Waals surface area contributed by atoms with E-state index in [0.717, 1.165) is 27.6 Å². The third-order valence-electron chi connectivity index (χ3n) is 6.11. The summed E-state index contributed by atoms with van der Waals surface area (Å²) in [5, 5.41) is 12.2. The third-order valence-corrected chi connectivity index (χ3v) is 6.11. The van der Waals surface area contributed by atoms with Gasteiger partial charge >= 0.3 is 0 Å². The molecule has 0 aliphatic carbocycles. The average molecular weight is 437 g/mol. The second-order valence-corrected chi connectivity index (χ2v) is 8.46. The molecule has 5 rings (SSSR count). The quantitative estimate of drug-likeness (QED) is 0.283. The number of fused-ring (bicyclic) bond motifs is 1. The molecular weight excluding hydrogens is 414 g/mol. The summed E-state index contributed by atoms with van der Waals surface area (Å²) in [7, 11) is 1.93. The van der Waals surface area contributed by atoms with E-state index in [2.05, 4.69) is 4.98 Å². The number of benzene rings is 2. The molecule has 164 valence electrons. The van der Waals surface area contributed by atoms with Crippen molar-refractivity contribution in [3.05, 3.63) is 101 Å². The molecule has 1 atom stereocenters. The molecule has 1 saturated heterocycles. The van der Waals surface area contributed by atoms with E-state index in [1.165, 1.54) is 4.90 Å². The molecular formula is C27H23N3O3. The van der Waals surface area contributed by atoms with Crippen molar-refractivity contribution >= 4 is 34.0 Å². The maximum absolute atomic E-state index is 13.4. The predicted octanol–water partition coefficient (Wildman–Crippen LogP) is 4.82. The minimum Gasteiger partial charge on any atom is -0.507 e. The maximum atomic E-state index is 13.4. The molecule has 1 amide bonds. The van der Waals surface area contributed by atoms with Crippen LogP contribution >= 0.6 is 0 Å². The zero-order chi connectivity index (χ0) is 23.3. The van der Waals surface area contributed by atoms with Crippen LogP contribution in [0.15, 0.2) is 78.8 Å². The summed E-state index contributed by atoms with van der Waals surface area (Å²) in [5.74, 6) is -1.57. The fraction of sp³-hybridized carbons (Fsp3) is 0.148. The summed E-state index contributed by atoms with van der Waals surface area (Å²) in [4.78, 5) is 32.3. The van der Waals surface area contributed by atoms with Crippen LogP contribution in [0, 0.1) is 13.8 Å². The van der Waals surface area contributed by atoms with E-state index in [9.17, 15) is 14.7 Å². The van der Waals surface area contributed by atoms with Crippen LogP contribution in [0.25, 0.3) is 16.7 Å². The number of hydrogen-bond acceptors (Lipinski definition) is 4. The van der Waals surface area contributed by atoms with Crippen LogP contribution in [-0.4, -0.2) is 26.3 Å². The van der Waals surface area contributed by atoms with Gasteiger partial charge in [0.1, 0.15) is 5.76 Å². The Kier molecular flexibility index (Phi) is 4.86. The van der Waals surface area contributed by atoms with Gasteiger partial charge in [0.2, 0.25) is 0 Å². The van der Waals surface area contributed by atoms with Crippen LogP contribution in [0.3, 0.4) is 0 Å². The first-order valence-corrected chi connectivity index (χ1v) is 10.7. The van der Waals surface area contributed by atoms with Crippen molar-refractivity contribution < 1.29 is 14.7 Å². The lowest BCUT2D eigenvalue weighted by atomic mass is 9.95. The molecule has 6 nitrogen and oxygen atoms in total. The number of aliphatic hydroxyl groups excluding tert-OH is 1. The molecule has 0 radical (unpaired) electrons. The lowest BCUT2D eigenvalue weighted by molar-refractivity contribution is -0.132. The average Bonchev–Trinajstić information content (AvgIpc) is 3.27. The number of pyridine rings is 1. The lowest BCUT2D eigenvalue weighted by Gasteiger charge is -2.25. The Hall–Kier alpha value is -4.19. The largest absolute Gasteiger partial charge is 0.507 e. The highest BCUT2D eigenvalue weighted by molar-refractivity contribution is 6.51. The summed E-state index contributed by atoms with van der Waals surface area (Å²) < 4.78 is 1.97. The monoisotopic (exact) mass is 437 g/mol. The number of para-hydroxylation sites is 1. The second-order valence-electron chi connectivity index (χ2n) is 8.46. The van der Waals surface area contributed by atoms with E-state index < -0.39 is 17.7 Å². The summed E-state index contributed by atoms with van der Waals surface area (Å²) in [6.07, 6.45) is 5.01. The van der Waals surface area contributed by atoms with Crippen LogP contribution in [-0.2, 0) is 16.6 Å². The highest BCUT2D eigenvalue weighted by Gasteiger charge is 2.48. The standard InChI is InChI=1S/C27H23N3O3/c1-16-12-17(2)14-19(13-16)30-24(21-15-29(3)22-7-5-4-6-20(21)22)23(26(32)27(30)33)25(31)18-8-10-28-11-9-18/h4-15,24,31H,1-3H3/b25-23+. The first-order chi connectivity index (χ1) is 15.9. The molecule has 33 heavy (non-hydrogen) atoms. The Morgan fingerprint density at radius 3 is 2.33 bits per heavy atom. The number of aliphatic hydroxyl groups is 1. The minimum atomic E-state index is -0.773. The number of nitrogens with zero attached hydrogens (tertiary/aromatic N) is 3. The Morgan fingerprint density at radius 2 is 1.64 bits per heavy atom. The number of aromatic nitrogens is 2. The number of ketones is 1. The van der Waals surface area contributed by atoms with E-state index in [1.807, 2.05) is 74.1 Å². The fourth-order valence-electron chi connectivity index (χ4n) is 4.74. The lowest BCUT2D eigenvalue weighted by Crippen LogP contribution is -2.29. The van der Waals surface area contributed by atoms with Crippen molar-refractivity contribution in [1.29, 1.82) is 0 Å². The van der Waals surface area contributed by atoms with Crippen LogP contribution < -0.4 is 4.90 Å². The molecule has 4 aromatic rings. The summed E-state index contributed by atoms with van der Waals surface area (Å²) in [5.41, 5.74) is 4.86. The van der Waals surface area contributed by atoms with Gasteiger partial charge in [-0.05, 0) is 55.3 Å². The van der Waals surface area contributed by atoms with E-state index >= 15 is 0 Å². The van der Waals surface area contributed by atoms with Gasteiger partial charge in [-0.25, -0.2) is 0 Å². The van der Waals surface area contributed by atoms with Gasteiger partial charge in [-0.15, -0.1) is 0 Å². The zero-order valence-electron chi connectivity index (χ0n) is 18.6. The Morgan fingerprint density at radius 1 is 0.970 bits per heavy atom. The van der Waals surface area contributed by atoms with Crippen LogP contribution in [0.2, 0.25) is 0 Å². The van der Waals surface area contributed by atoms with Gasteiger partial charge in [-0.2, -0.15) is 0 Å². The van der Waals surface area contributed by atoms with Crippen LogP contribution in [0.1, 0.15) is 28.3 Å². The molecule has 1 aliphatic rings. The van der Waals surface area contributed by atoms with Gasteiger partial charge in [0.15, 0.2) is 0 Å². The van der Waals surface area contributed by atoms with Gasteiger partial charge in [-0.3, -0.25) is 19.5 Å². The number of rotatable bonds is 3.